The van der Waals surface area contributed by atoms with E-state index in [9.17, 15) is 14.0 Å². The number of hydrogen-bond donors (Lipinski definition) is 1. The van der Waals surface area contributed by atoms with Crippen molar-refractivity contribution in [1.29, 1.82) is 0 Å². The molecule has 1 atom stereocenters. The van der Waals surface area contributed by atoms with Crippen molar-refractivity contribution in [3.05, 3.63) is 35.6 Å². The second-order valence-electron chi connectivity index (χ2n) is 5.98. The van der Waals surface area contributed by atoms with E-state index in [4.69, 9.17) is 4.84 Å². The van der Waals surface area contributed by atoms with Crippen molar-refractivity contribution in [3.63, 3.8) is 0 Å². The fraction of sp³-hybridized carbons (Fsp3) is 0.471. The number of rotatable bonds is 5. The van der Waals surface area contributed by atoms with E-state index < -0.39 is 6.10 Å². The van der Waals surface area contributed by atoms with Crippen molar-refractivity contribution in [2.75, 3.05) is 19.6 Å². The molecule has 2 aliphatic rings. The number of halogens is 1. The number of nitrogens with one attached hydrogen (secondary N) is 1. The standard InChI is InChI=1S/C17H20FN3O3/c18-13-5-3-4-12(10-13)14-11-15(24-20-14)17(23)19-7-6-16(22)21-8-1-2-9-21/h3-5,10,15H,1-2,6-9,11H2,(H,19,23). The van der Waals surface area contributed by atoms with E-state index in [1.54, 1.807) is 12.1 Å². The van der Waals surface area contributed by atoms with Crippen LogP contribution in [0.15, 0.2) is 29.4 Å². The highest BCUT2D eigenvalue weighted by Crippen LogP contribution is 2.17. The molecule has 24 heavy (non-hydrogen) atoms. The lowest BCUT2D eigenvalue weighted by Crippen LogP contribution is -2.37. The summed E-state index contributed by atoms with van der Waals surface area (Å²) in [6.45, 7) is 1.90. The van der Waals surface area contributed by atoms with Crippen LogP contribution < -0.4 is 5.32 Å². The van der Waals surface area contributed by atoms with Crippen LogP contribution in [0.5, 0.6) is 0 Å². The fourth-order valence-corrected chi connectivity index (χ4v) is 2.89. The van der Waals surface area contributed by atoms with Gasteiger partial charge >= 0.3 is 0 Å². The van der Waals surface area contributed by atoms with E-state index >= 15 is 0 Å². The quantitative estimate of drug-likeness (QED) is 0.886. The summed E-state index contributed by atoms with van der Waals surface area (Å²) in [6, 6.07) is 6.02. The summed E-state index contributed by atoms with van der Waals surface area (Å²) in [6.07, 6.45) is 1.94. The van der Waals surface area contributed by atoms with Gasteiger partial charge in [0.15, 0.2) is 0 Å². The summed E-state index contributed by atoms with van der Waals surface area (Å²) >= 11 is 0. The molecule has 0 radical (unpaired) electrons. The van der Waals surface area contributed by atoms with Crippen LogP contribution in [0, 0.1) is 5.82 Å². The van der Waals surface area contributed by atoms with Crippen molar-refractivity contribution in [1.82, 2.24) is 10.2 Å². The van der Waals surface area contributed by atoms with Gasteiger partial charge in [0.1, 0.15) is 5.82 Å². The molecule has 7 heteroatoms. The topological polar surface area (TPSA) is 71.0 Å². The summed E-state index contributed by atoms with van der Waals surface area (Å²) in [5, 5.41) is 6.57. The van der Waals surface area contributed by atoms with Gasteiger partial charge in [0.2, 0.25) is 12.0 Å². The smallest absolute Gasteiger partial charge is 0.264 e. The Morgan fingerprint density at radius 2 is 2.12 bits per heavy atom. The fourth-order valence-electron chi connectivity index (χ4n) is 2.89. The van der Waals surface area contributed by atoms with E-state index in [0.717, 1.165) is 25.9 Å². The van der Waals surface area contributed by atoms with Crippen LogP contribution in [0.1, 0.15) is 31.2 Å². The SMILES string of the molecule is O=C(NCCC(=O)N1CCCC1)C1CC(c2cccc(F)c2)=NO1. The van der Waals surface area contributed by atoms with Gasteiger partial charge in [-0.15, -0.1) is 0 Å². The zero-order valence-electron chi connectivity index (χ0n) is 13.3. The lowest BCUT2D eigenvalue weighted by Gasteiger charge is -2.15. The molecule has 2 heterocycles. The maximum atomic E-state index is 13.2. The lowest BCUT2D eigenvalue weighted by atomic mass is 10.0. The normalized spacial score (nSPS) is 19.8. The van der Waals surface area contributed by atoms with Gasteiger partial charge in [-0.1, -0.05) is 17.3 Å². The first-order valence-corrected chi connectivity index (χ1v) is 8.17. The number of carbonyl (C=O) groups excluding carboxylic acids is 2. The van der Waals surface area contributed by atoms with E-state index in [2.05, 4.69) is 10.5 Å². The number of amides is 2. The number of oxime groups is 1. The lowest BCUT2D eigenvalue weighted by molar-refractivity contribution is -0.132. The zero-order valence-corrected chi connectivity index (χ0v) is 13.3. The molecule has 1 N–H and O–H groups in total. The van der Waals surface area contributed by atoms with Crippen molar-refractivity contribution < 1.29 is 18.8 Å². The van der Waals surface area contributed by atoms with Crippen LogP contribution in [0.2, 0.25) is 0 Å². The van der Waals surface area contributed by atoms with Crippen LogP contribution >= 0.6 is 0 Å². The first-order valence-electron chi connectivity index (χ1n) is 8.17. The molecule has 1 aromatic rings. The van der Waals surface area contributed by atoms with E-state index in [-0.39, 0.29) is 37.0 Å². The Morgan fingerprint density at radius 1 is 1.33 bits per heavy atom. The average molecular weight is 333 g/mol. The number of hydrogen-bond acceptors (Lipinski definition) is 4. The van der Waals surface area contributed by atoms with Gasteiger partial charge in [-0.3, -0.25) is 9.59 Å². The second kappa shape index (κ2) is 7.42. The third kappa shape index (κ3) is 3.90. The Kier molecular flexibility index (Phi) is 5.08. The van der Waals surface area contributed by atoms with Gasteiger partial charge in [-0.05, 0) is 25.0 Å². The van der Waals surface area contributed by atoms with Crippen molar-refractivity contribution in [3.8, 4) is 0 Å². The maximum absolute atomic E-state index is 13.2. The molecule has 2 amide bonds. The number of likely N-dealkylation sites (tertiary alicyclic amines) is 1. The predicted octanol–water partition coefficient (Wildman–Crippen LogP) is 1.45. The minimum atomic E-state index is -0.731. The molecule has 1 unspecified atom stereocenters. The third-order valence-corrected chi connectivity index (χ3v) is 4.22. The van der Waals surface area contributed by atoms with Crippen molar-refractivity contribution >= 4 is 17.5 Å². The Balaban J connectivity index is 1.43. The van der Waals surface area contributed by atoms with Crippen LogP contribution in [-0.2, 0) is 14.4 Å². The van der Waals surface area contributed by atoms with Gasteiger partial charge in [-0.2, -0.15) is 0 Å². The molecule has 6 nitrogen and oxygen atoms in total. The molecule has 3 rings (SSSR count). The highest BCUT2D eigenvalue weighted by Gasteiger charge is 2.29. The van der Waals surface area contributed by atoms with Crippen LogP contribution in [0.25, 0.3) is 0 Å². The Labute approximate surface area is 139 Å². The summed E-state index contributed by atoms with van der Waals surface area (Å²) in [5.41, 5.74) is 1.15. The molecule has 0 bridgehead atoms. The minimum absolute atomic E-state index is 0.0665. The maximum Gasteiger partial charge on any atom is 0.264 e. The third-order valence-electron chi connectivity index (χ3n) is 4.22. The molecular formula is C17H20FN3O3. The van der Waals surface area contributed by atoms with Gasteiger partial charge in [0.25, 0.3) is 5.91 Å². The van der Waals surface area contributed by atoms with E-state index in [0.29, 0.717) is 11.3 Å². The van der Waals surface area contributed by atoms with E-state index in [1.165, 1.54) is 12.1 Å². The van der Waals surface area contributed by atoms with Gasteiger partial charge in [0.05, 0.1) is 5.71 Å². The van der Waals surface area contributed by atoms with E-state index in [1.807, 2.05) is 4.90 Å². The van der Waals surface area contributed by atoms with Crippen LogP contribution in [0.4, 0.5) is 4.39 Å². The summed E-state index contributed by atoms with van der Waals surface area (Å²) < 4.78 is 13.2. The minimum Gasteiger partial charge on any atom is -0.382 e. The monoisotopic (exact) mass is 333 g/mol. The molecule has 0 aliphatic carbocycles. The highest BCUT2D eigenvalue weighted by molar-refractivity contribution is 6.04. The highest BCUT2D eigenvalue weighted by atomic mass is 19.1. The molecule has 1 saturated heterocycles. The van der Waals surface area contributed by atoms with Crippen LogP contribution in [0.3, 0.4) is 0 Å². The van der Waals surface area contributed by atoms with Crippen molar-refractivity contribution in [2.45, 2.75) is 31.8 Å². The molecule has 0 aromatic heterocycles. The molecule has 1 aromatic carbocycles. The second-order valence-corrected chi connectivity index (χ2v) is 5.98. The zero-order chi connectivity index (χ0) is 16.9. The first kappa shape index (κ1) is 16.4. The Hall–Kier alpha value is -2.44. The molecule has 1 fully saturated rings. The molecule has 2 aliphatic heterocycles. The summed E-state index contributed by atoms with van der Waals surface area (Å²) in [4.78, 5) is 30.9. The average Bonchev–Trinajstić information content (AvgIpc) is 3.26. The summed E-state index contributed by atoms with van der Waals surface area (Å²) in [5.74, 6) is -0.597. The molecule has 128 valence electrons. The number of nitrogens with zero attached hydrogens (tertiary/aromatic N) is 2. The van der Waals surface area contributed by atoms with Gasteiger partial charge in [-0.25, -0.2) is 4.39 Å². The predicted molar refractivity (Wildman–Crippen MR) is 85.9 cm³/mol. The van der Waals surface area contributed by atoms with Gasteiger partial charge in [0, 0.05) is 38.0 Å². The molecule has 0 saturated carbocycles. The van der Waals surface area contributed by atoms with Gasteiger partial charge < -0.3 is 15.1 Å². The number of carbonyl (C=O) groups is 2. The molecule has 0 spiro atoms. The number of benzene rings is 1. The summed E-state index contributed by atoms with van der Waals surface area (Å²) in [7, 11) is 0. The molecular weight excluding hydrogens is 313 g/mol. The van der Waals surface area contributed by atoms with Crippen molar-refractivity contribution in [2.24, 2.45) is 5.16 Å². The first-order chi connectivity index (χ1) is 11.6. The largest absolute Gasteiger partial charge is 0.382 e. The van der Waals surface area contributed by atoms with Crippen LogP contribution in [-0.4, -0.2) is 48.2 Å². The Morgan fingerprint density at radius 3 is 2.88 bits per heavy atom. The Bertz CT molecular complexity index is 656.